The minimum atomic E-state index is 0.638. The summed E-state index contributed by atoms with van der Waals surface area (Å²) in [6, 6.07) is 4.08. The van der Waals surface area contributed by atoms with E-state index in [1.807, 2.05) is 12.3 Å². The van der Waals surface area contributed by atoms with Crippen molar-refractivity contribution >= 4 is 11.5 Å². The predicted octanol–water partition coefficient (Wildman–Crippen LogP) is 2.74. The third kappa shape index (κ3) is 4.18. The smallest absolute Gasteiger partial charge is 0.127 e. The Morgan fingerprint density at radius 1 is 1.44 bits per heavy atom. The highest BCUT2D eigenvalue weighted by molar-refractivity contribution is 5.51. The van der Waals surface area contributed by atoms with Gasteiger partial charge in [-0.25, -0.2) is 4.98 Å². The highest BCUT2D eigenvalue weighted by Crippen LogP contribution is 2.16. The highest BCUT2D eigenvalue weighted by atomic mass is 16.5. The second-order valence-electron chi connectivity index (χ2n) is 4.82. The summed E-state index contributed by atoms with van der Waals surface area (Å²) in [5.41, 5.74) is 1.13. The first kappa shape index (κ1) is 13.1. The Kier molecular flexibility index (Phi) is 5.27. The van der Waals surface area contributed by atoms with E-state index in [4.69, 9.17) is 4.74 Å². The van der Waals surface area contributed by atoms with Crippen LogP contribution in [0.25, 0.3) is 0 Å². The summed E-state index contributed by atoms with van der Waals surface area (Å²) >= 11 is 0. The van der Waals surface area contributed by atoms with E-state index in [0.29, 0.717) is 5.92 Å². The summed E-state index contributed by atoms with van der Waals surface area (Å²) in [4.78, 5) is 4.30. The first-order chi connectivity index (χ1) is 8.88. The van der Waals surface area contributed by atoms with Crippen molar-refractivity contribution in [3.05, 3.63) is 18.3 Å². The number of hydrogen-bond donors (Lipinski definition) is 2. The molecular formula is C14H23N3O. The third-order valence-corrected chi connectivity index (χ3v) is 3.17. The molecular weight excluding hydrogens is 226 g/mol. The van der Waals surface area contributed by atoms with Crippen LogP contribution in [-0.2, 0) is 4.74 Å². The number of hydrogen-bond acceptors (Lipinski definition) is 4. The zero-order chi connectivity index (χ0) is 12.6. The van der Waals surface area contributed by atoms with E-state index >= 15 is 0 Å². The minimum Gasteiger partial charge on any atom is -0.385 e. The molecule has 1 aromatic heterocycles. The molecule has 2 heterocycles. The molecule has 2 rings (SSSR count). The Bertz CT molecular complexity index is 351. The molecule has 4 nitrogen and oxygen atoms in total. The number of rotatable bonds is 6. The number of nitrogens with zero attached hydrogens (tertiary/aromatic N) is 1. The van der Waals surface area contributed by atoms with Gasteiger partial charge in [-0.15, -0.1) is 0 Å². The van der Waals surface area contributed by atoms with E-state index in [9.17, 15) is 0 Å². The normalized spacial score (nSPS) is 19.5. The molecule has 18 heavy (non-hydrogen) atoms. The number of anilines is 2. The lowest BCUT2D eigenvalue weighted by Gasteiger charge is -2.22. The first-order valence-electron chi connectivity index (χ1n) is 6.90. The topological polar surface area (TPSA) is 46.2 Å². The number of nitrogens with one attached hydrogen (secondary N) is 2. The van der Waals surface area contributed by atoms with Crippen LogP contribution < -0.4 is 10.6 Å². The minimum absolute atomic E-state index is 0.638. The van der Waals surface area contributed by atoms with Crippen LogP contribution in [-0.4, -0.2) is 31.3 Å². The maximum Gasteiger partial charge on any atom is 0.127 e. The van der Waals surface area contributed by atoms with Gasteiger partial charge in [0.2, 0.25) is 0 Å². The second kappa shape index (κ2) is 7.21. The van der Waals surface area contributed by atoms with Gasteiger partial charge in [0.15, 0.2) is 0 Å². The number of aromatic nitrogens is 1. The van der Waals surface area contributed by atoms with Crippen molar-refractivity contribution in [2.45, 2.75) is 26.2 Å². The standard InChI is InChI=1S/C14H23N3O/c1-2-6-15-14-9-13(5-7-16-14)17-10-12-4-3-8-18-11-12/h5,7,9,12H,2-4,6,8,10-11H2,1H3,(H2,15,16,17). The van der Waals surface area contributed by atoms with E-state index in [2.05, 4.69) is 28.6 Å². The Morgan fingerprint density at radius 2 is 2.39 bits per heavy atom. The molecule has 2 N–H and O–H groups in total. The van der Waals surface area contributed by atoms with Gasteiger partial charge in [-0.2, -0.15) is 0 Å². The molecule has 0 aromatic carbocycles. The van der Waals surface area contributed by atoms with E-state index in [-0.39, 0.29) is 0 Å². The molecule has 1 aliphatic heterocycles. The van der Waals surface area contributed by atoms with Gasteiger partial charge in [-0.3, -0.25) is 0 Å². The summed E-state index contributed by atoms with van der Waals surface area (Å²) in [6.07, 6.45) is 5.40. The second-order valence-corrected chi connectivity index (χ2v) is 4.82. The monoisotopic (exact) mass is 249 g/mol. The quantitative estimate of drug-likeness (QED) is 0.814. The van der Waals surface area contributed by atoms with Crippen molar-refractivity contribution in [3.8, 4) is 0 Å². The fourth-order valence-electron chi connectivity index (χ4n) is 2.12. The molecule has 0 aliphatic carbocycles. The van der Waals surface area contributed by atoms with Gasteiger partial charge < -0.3 is 15.4 Å². The van der Waals surface area contributed by atoms with Crippen LogP contribution >= 0.6 is 0 Å². The Labute approximate surface area is 109 Å². The van der Waals surface area contributed by atoms with Gasteiger partial charge in [0.25, 0.3) is 0 Å². The van der Waals surface area contributed by atoms with Crippen molar-refractivity contribution in [2.24, 2.45) is 5.92 Å². The Hall–Kier alpha value is -1.29. The van der Waals surface area contributed by atoms with Gasteiger partial charge in [0, 0.05) is 37.6 Å². The zero-order valence-corrected chi connectivity index (χ0v) is 11.1. The molecule has 100 valence electrons. The SMILES string of the molecule is CCCNc1cc(NCC2CCCOC2)ccn1. The number of ether oxygens (including phenoxy) is 1. The number of pyridine rings is 1. The van der Waals surface area contributed by atoms with Crippen LogP contribution in [0.5, 0.6) is 0 Å². The van der Waals surface area contributed by atoms with E-state index in [0.717, 1.165) is 44.2 Å². The van der Waals surface area contributed by atoms with Crippen molar-refractivity contribution < 1.29 is 4.74 Å². The molecule has 0 radical (unpaired) electrons. The molecule has 0 bridgehead atoms. The molecule has 1 fully saturated rings. The average molecular weight is 249 g/mol. The summed E-state index contributed by atoms with van der Waals surface area (Å²) in [5, 5.41) is 6.77. The van der Waals surface area contributed by atoms with Gasteiger partial charge >= 0.3 is 0 Å². The van der Waals surface area contributed by atoms with Crippen molar-refractivity contribution in [1.29, 1.82) is 0 Å². The van der Waals surface area contributed by atoms with E-state index in [1.54, 1.807) is 0 Å². The average Bonchev–Trinajstić information content (AvgIpc) is 2.44. The van der Waals surface area contributed by atoms with Crippen LogP contribution in [0.15, 0.2) is 18.3 Å². The highest BCUT2D eigenvalue weighted by Gasteiger charge is 2.13. The van der Waals surface area contributed by atoms with Gasteiger partial charge in [0.1, 0.15) is 5.82 Å². The lowest BCUT2D eigenvalue weighted by atomic mass is 10.0. The molecule has 1 aliphatic rings. The van der Waals surface area contributed by atoms with Gasteiger partial charge in [-0.1, -0.05) is 6.92 Å². The molecule has 1 atom stereocenters. The summed E-state index contributed by atoms with van der Waals surface area (Å²) in [6.45, 7) is 5.91. The summed E-state index contributed by atoms with van der Waals surface area (Å²) < 4.78 is 5.48. The summed E-state index contributed by atoms with van der Waals surface area (Å²) in [7, 11) is 0. The molecule has 1 aromatic rings. The van der Waals surface area contributed by atoms with E-state index in [1.165, 1.54) is 12.8 Å². The zero-order valence-electron chi connectivity index (χ0n) is 11.1. The van der Waals surface area contributed by atoms with Crippen molar-refractivity contribution in [2.75, 3.05) is 36.9 Å². The third-order valence-electron chi connectivity index (χ3n) is 3.17. The van der Waals surface area contributed by atoms with Crippen LogP contribution in [0.1, 0.15) is 26.2 Å². The molecule has 1 unspecified atom stereocenters. The molecule has 0 saturated carbocycles. The van der Waals surface area contributed by atoms with Gasteiger partial charge in [0.05, 0.1) is 6.61 Å². The molecule has 1 saturated heterocycles. The van der Waals surface area contributed by atoms with Crippen molar-refractivity contribution in [3.63, 3.8) is 0 Å². The fourth-order valence-corrected chi connectivity index (χ4v) is 2.12. The maximum absolute atomic E-state index is 5.48. The molecule has 4 heteroatoms. The maximum atomic E-state index is 5.48. The van der Waals surface area contributed by atoms with Gasteiger partial charge in [-0.05, 0) is 31.2 Å². The molecule has 0 spiro atoms. The lowest BCUT2D eigenvalue weighted by Crippen LogP contribution is -2.24. The predicted molar refractivity (Wildman–Crippen MR) is 75.1 cm³/mol. The Balaban J connectivity index is 1.80. The van der Waals surface area contributed by atoms with Crippen LogP contribution in [0.2, 0.25) is 0 Å². The van der Waals surface area contributed by atoms with E-state index < -0.39 is 0 Å². The van der Waals surface area contributed by atoms with Crippen LogP contribution in [0, 0.1) is 5.92 Å². The molecule has 0 amide bonds. The van der Waals surface area contributed by atoms with Crippen molar-refractivity contribution in [1.82, 2.24) is 4.98 Å². The van der Waals surface area contributed by atoms with Crippen LogP contribution in [0.3, 0.4) is 0 Å². The fraction of sp³-hybridized carbons (Fsp3) is 0.643. The summed E-state index contributed by atoms with van der Waals surface area (Å²) in [5.74, 6) is 1.58. The largest absolute Gasteiger partial charge is 0.385 e. The van der Waals surface area contributed by atoms with Crippen LogP contribution in [0.4, 0.5) is 11.5 Å². The Morgan fingerprint density at radius 3 is 3.17 bits per heavy atom. The lowest BCUT2D eigenvalue weighted by molar-refractivity contribution is 0.0595. The first-order valence-corrected chi connectivity index (χ1v) is 6.90.